The van der Waals surface area contributed by atoms with E-state index in [1.165, 1.54) is 17.0 Å². The van der Waals surface area contributed by atoms with Gasteiger partial charge in [0.2, 0.25) is 0 Å². The number of fused-ring (bicyclic) bond motifs is 2. The summed E-state index contributed by atoms with van der Waals surface area (Å²) in [6.45, 7) is 4.84. The van der Waals surface area contributed by atoms with Crippen molar-refractivity contribution < 1.29 is 28.2 Å². The molecule has 0 radical (unpaired) electrons. The lowest BCUT2D eigenvalue weighted by atomic mass is 10.1. The van der Waals surface area contributed by atoms with Crippen LogP contribution in [0.2, 0.25) is 0 Å². The number of imide groups is 1. The van der Waals surface area contributed by atoms with Crippen LogP contribution in [0.1, 0.15) is 26.7 Å². The fourth-order valence-corrected chi connectivity index (χ4v) is 4.12. The van der Waals surface area contributed by atoms with Gasteiger partial charge in [-0.15, -0.1) is 0 Å². The molecule has 1 aliphatic carbocycles. The Morgan fingerprint density at radius 2 is 2.00 bits per heavy atom. The van der Waals surface area contributed by atoms with Gasteiger partial charge in [0, 0.05) is 32.0 Å². The third-order valence-electron chi connectivity index (χ3n) is 5.96. The fourth-order valence-electron chi connectivity index (χ4n) is 4.12. The van der Waals surface area contributed by atoms with E-state index in [1.807, 2.05) is 19.9 Å². The number of benzene rings is 1. The Morgan fingerprint density at radius 1 is 1.23 bits per heavy atom. The van der Waals surface area contributed by atoms with Crippen LogP contribution in [-0.2, 0) is 14.3 Å². The third-order valence-corrected chi connectivity index (χ3v) is 5.96. The lowest BCUT2D eigenvalue weighted by molar-refractivity contribution is -0.128. The number of allylic oxidation sites excluding steroid dienone is 1. The number of amides is 4. The molecule has 3 aliphatic heterocycles. The fraction of sp³-hybridized carbons (Fsp3) is 0.476. The van der Waals surface area contributed by atoms with Gasteiger partial charge in [-0.25, -0.2) is 14.1 Å². The Morgan fingerprint density at radius 3 is 2.67 bits per heavy atom. The van der Waals surface area contributed by atoms with E-state index in [0.717, 1.165) is 10.5 Å². The molecule has 3 fully saturated rings. The zero-order valence-electron chi connectivity index (χ0n) is 16.8. The predicted octanol–water partition coefficient (Wildman–Crippen LogP) is 2.22. The van der Waals surface area contributed by atoms with Gasteiger partial charge >= 0.3 is 6.03 Å². The van der Waals surface area contributed by atoms with Crippen molar-refractivity contribution >= 4 is 29.2 Å². The zero-order valence-corrected chi connectivity index (χ0v) is 16.8. The van der Waals surface area contributed by atoms with Crippen molar-refractivity contribution in [3.63, 3.8) is 0 Å². The number of urea groups is 1. The second-order valence-corrected chi connectivity index (χ2v) is 8.31. The van der Waals surface area contributed by atoms with Gasteiger partial charge in [0.1, 0.15) is 11.8 Å². The summed E-state index contributed by atoms with van der Waals surface area (Å²) in [4.78, 5) is 42.5. The largest absolute Gasteiger partial charge is 0.475 e. The van der Waals surface area contributed by atoms with Crippen molar-refractivity contribution in [2.24, 2.45) is 0 Å². The number of carbonyl (C=O) groups excluding carboxylic acids is 3. The number of morpholine rings is 1. The number of hydrogen-bond donors (Lipinski definition) is 0. The highest BCUT2D eigenvalue weighted by Crippen LogP contribution is 2.50. The minimum Gasteiger partial charge on any atom is -0.475 e. The highest BCUT2D eigenvalue weighted by atomic mass is 19.1. The van der Waals surface area contributed by atoms with Crippen molar-refractivity contribution in [1.29, 1.82) is 0 Å². The van der Waals surface area contributed by atoms with Crippen LogP contribution in [0, 0.1) is 5.82 Å². The molecule has 1 atom stereocenters. The summed E-state index contributed by atoms with van der Waals surface area (Å²) in [6, 6.07) is 1.20. The van der Waals surface area contributed by atoms with Gasteiger partial charge in [-0.1, -0.05) is 11.6 Å². The molecule has 1 saturated carbocycles. The Hall–Kier alpha value is -2.94. The van der Waals surface area contributed by atoms with E-state index in [-0.39, 0.29) is 30.5 Å². The molecule has 1 aromatic rings. The maximum Gasteiger partial charge on any atom is 0.332 e. The highest BCUT2D eigenvalue weighted by Gasteiger charge is 2.58. The molecule has 158 valence electrons. The highest BCUT2D eigenvalue weighted by molar-refractivity contribution is 6.22. The van der Waals surface area contributed by atoms with Gasteiger partial charge in [-0.3, -0.25) is 9.59 Å². The number of anilines is 2. The molecule has 8 nitrogen and oxygen atoms in total. The lowest BCUT2D eigenvalue weighted by Crippen LogP contribution is -2.48. The molecule has 3 heterocycles. The minimum atomic E-state index is -0.923. The van der Waals surface area contributed by atoms with Gasteiger partial charge < -0.3 is 19.3 Å². The number of nitrogens with zero attached hydrogens (tertiary/aromatic N) is 3. The van der Waals surface area contributed by atoms with Crippen LogP contribution in [0.25, 0.3) is 0 Å². The molecule has 1 spiro atoms. The van der Waals surface area contributed by atoms with Gasteiger partial charge in [0.05, 0.1) is 24.6 Å². The molecule has 4 amide bonds. The molecule has 0 N–H and O–H groups in total. The summed E-state index contributed by atoms with van der Waals surface area (Å²) in [7, 11) is 0. The number of halogens is 1. The summed E-state index contributed by atoms with van der Waals surface area (Å²) >= 11 is 0. The molecule has 4 aliphatic rings. The van der Waals surface area contributed by atoms with E-state index < -0.39 is 29.4 Å². The first kappa shape index (κ1) is 19.0. The Bertz CT molecular complexity index is 975. The van der Waals surface area contributed by atoms with E-state index in [0.29, 0.717) is 31.7 Å². The Labute approximate surface area is 172 Å². The first-order valence-electron chi connectivity index (χ1n) is 10.0. The molecular formula is C21H22FN3O5. The van der Waals surface area contributed by atoms with Gasteiger partial charge in [-0.05, 0) is 19.9 Å². The maximum atomic E-state index is 15.1. The normalized spacial score (nSPS) is 24.0. The summed E-state index contributed by atoms with van der Waals surface area (Å²) in [6.07, 6.45) is 3.06. The molecular weight excluding hydrogens is 393 g/mol. The molecule has 0 bridgehead atoms. The predicted molar refractivity (Wildman–Crippen MR) is 105 cm³/mol. The monoisotopic (exact) mass is 415 g/mol. The molecule has 0 aromatic heterocycles. The average Bonchev–Trinajstić information content (AvgIpc) is 3.44. The SMILES string of the molecule is CC(C)=CCN1C(=O)C2(CC2)Oc2cc(F)c(N3C(=O)C4COCCN4C3=O)cc21. The third kappa shape index (κ3) is 2.72. The van der Waals surface area contributed by atoms with Gasteiger partial charge in [0.15, 0.2) is 11.4 Å². The van der Waals surface area contributed by atoms with Gasteiger partial charge in [-0.2, -0.15) is 0 Å². The van der Waals surface area contributed by atoms with Crippen molar-refractivity contribution in [2.75, 3.05) is 36.1 Å². The van der Waals surface area contributed by atoms with Crippen LogP contribution in [0.4, 0.5) is 20.6 Å². The second kappa shape index (κ2) is 6.53. The number of rotatable bonds is 3. The van der Waals surface area contributed by atoms with Crippen LogP contribution in [0.5, 0.6) is 5.75 Å². The van der Waals surface area contributed by atoms with E-state index in [1.54, 1.807) is 4.90 Å². The van der Waals surface area contributed by atoms with Crippen LogP contribution in [-0.4, -0.2) is 60.7 Å². The molecule has 1 unspecified atom stereocenters. The molecule has 1 aromatic carbocycles. The number of ether oxygens (including phenoxy) is 2. The lowest BCUT2D eigenvalue weighted by Gasteiger charge is -2.35. The zero-order chi connectivity index (χ0) is 21.2. The molecule has 9 heteroatoms. The minimum absolute atomic E-state index is 0.0877. The Kier molecular flexibility index (Phi) is 4.15. The maximum absolute atomic E-state index is 15.1. The molecule has 2 saturated heterocycles. The van der Waals surface area contributed by atoms with Crippen molar-refractivity contribution in [2.45, 2.75) is 38.3 Å². The number of carbonyl (C=O) groups is 3. The Balaban J connectivity index is 1.58. The van der Waals surface area contributed by atoms with Crippen molar-refractivity contribution in [3.8, 4) is 5.75 Å². The summed E-state index contributed by atoms with van der Waals surface area (Å²) in [5.41, 5.74) is 0.287. The van der Waals surface area contributed by atoms with Crippen LogP contribution in [0.15, 0.2) is 23.8 Å². The van der Waals surface area contributed by atoms with Crippen molar-refractivity contribution in [3.05, 3.63) is 29.6 Å². The van der Waals surface area contributed by atoms with Gasteiger partial charge in [0.25, 0.3) is 11.8 Å². The van der Waals surface area contributed by atoms with Crippen LogP contribution in [0.3, 0.4) is 0 Å². The molecule has 5 rings (SSSR count). The first-order chi connectivity index (χ1) is 14.3. The number of hydrogen-bond acceptors (Lipinski definition) is 5. The van der Waals surface area contributed by atoms with E-state index in [4.69, 9.17) is 9.47 Å². The quantitative estimate of drug-likeness (QED) is 0.559. The summed E-state index contributed by atoms with van der Waals surface area (Å²) in [5.74, 6) is -1.22. The summed E-state index contributed by atoms with van der Waals surface area (Å²) < 4.78 is 26.2. The second-order valence-electron chi connectivity index (χ2n) is 8.31. The van der Waals surface area contributed by atoms with E-state index >= 15 is 4.39 Å². The average molecular weight is 415 g/mol. The summed E-state index contributed by atoms with van der Waals surface area (Å²) in [5, 5.41) is 0. The van der Waals surface area contributed by atoms with Crippen molar-refractivity contribution in [1.82, 2.24) is 4.90 Å². The van der Waals surface area contributed by atoms with E-state index in [9.17, 15) is 14.4 Å². The first-order valence-corrected chi connectivity index (χ1v) is 10.0. The van der Waals surface area contributed by atoms with E-state index in [2.05, 4.69) is 0 Å². The standard InChI is InChI=1S/C21H22FN3O5/c1-12(2)3-6-23-15-10-14(13(22)9-17(15)30-21(4-5-21)19(23)27)25-18(26)16-11-29-8-7-24(16)20(25)28/h3,9-10,16H,4-8,11H2,1-2H3. The smallest absolute Gasteiger partial charge is 0.332 e. The topological polar surface area (TPSA) is 79.4 Å². The molecule has 30 heavy (non-hydrogen) atoms. The van der Waals surface area contributed by atoms with Crippen LogP contribution < -0.4 is 14.5 Å². The van der Waals surface area contributed by atoms with Crippen LogP contribution >= 0.6 is 0 Å².